The van der Waals surface area contributed by atoms with Crippen LogP contribution in [0.4, 0.5) is 5.69 Å². The highest BCUT2D eigenvalue weighted by atomic mass is 16.5. The van der Waals surface area contributed by atoms with Crippen molar-refractivity contribution in [3.8, 4) is 0 Å². The van der Waals surface area contributed by atoms with Crippen molar-refractivity contribution in [1.82, 2.24) is 0 Å². The van der Waals surface area contributed by atoms with Gasteiger partial charge < -0.3 is 15.4 Å². The molecule has 2 rings (SSSR count). The van der Waals surface area contributed by atoms with Crippen molar-refractivity contribution in [2.24, 2.45) is 11.7 Å². The highest BCUT2D eigenvalue weighted by Crippen LogP contribution is 2.28. The maximum absolute atomic E-state index is 7.67. The van der Waals surface area contributed by atoms with Crippen LogP contribution in [0.25, 0.3) is 0 Å². The first-order valence-corrected chi connectivity index (χ1v) is 6.30. The molecule has 1 saturated heterocycles. The normalized spacial score (nSPS) is 19.2. The predicted octanol–water partition coefficient (Wildman–Crippen LogP) is 1.75. The van der Waals surface area contributed by atoms with Gasteiger partial charge >= 0.3 is 0 Å². The smallest absolute Gasteiger partial charge is 0.124 e. The van der Waals surface area contributed by atoms with Crippen LogP contribution >= 0.6 is 0 Å². The Morgan fingerprint density at radius 3 is 3.00 bits per heavy atom. The minimum atomic E-state index is 0.139. The third-order valence-electron chi connectivity index (χ3n) is 3.47. The van der Waals surface area contributed by atoms with Crippen LogP contribution in [0.5, 0.6) is 0 Å². The molecular formula is C14H21N3O. The van der Waals surface area contributed by atoms with Crippen LogP contribution in [0.15, 0.2) is 18.2 Å². The second-order valence-electron chi connectivity index (χ2n) is 4.99. The molecule has 1 aliphatic rings. The van der Waals surface area contributed by atoms with Crippen LogP contribution < -0.4 is 10.6 Å². The van der Waals surface area contributed by atoms with E-state index in [1.54, 1.807) is 7.11 Å². The molecule has 4 nitrogen and oxygen atoms in total. The number of benzene rings is 1. The van der Waals surface area contributed by atoms with Crippen LogP contribution in [0.1, 0.15) is 17.5 Å². The number of ether oxygens (including phenoxy) is 1. The Hall–Kier alpha value is -1.55. The van der Waals surface area contributed by atoms with E-state index < -0.39 is 0 Å². The Balaban J connectivity index is 2.23. The summed E-state index contributed by atoms with van der Waals surface area (Å²) in [5, 5.41) is 7.67. The van der Waals surface area contributed by atoms with Gasteiger partial charge in [-0.05, 0) is 31.0 Å². The number of nitrogens with zero attached hydrogens (tertiary/aromatic N) is 1. The lowest BCUT2D eigenvalue weighted by Gasteiger charge is -2.22. The minimum Gasteiger partial charge on any atom is -0.384 e. The molecule has 1 atom stereocenters. The number of anilines is 1. The van der Waals surface area contributed by atoms with Crippen molar-refractivity contribution in [3.63, 3.8) is 0 Å². The summed E-state index contributed by atoms with van der Waals surface area (Å²) in [7, 11) is 1.75. The summed E-state index contributed by atoms with van der Waals surface area (Å²) >= 11 is 0. The number of nitrogen functional groups attached to an aromatic ring is 1. The first kappa shape index (κ1) is 12.9. The predicted molar refractivity (Wildman–Crippen MR) is 74.4 cm³/mol. The van der Waals surface area contributed by atoms with Gasteiger partial charge in [0.1, 0.15) is 5.84 Å². The van der Waals surface area contributed by atoms with Crippen LogP contribution in [-0.4, -0.2) is 32.6 Å². The fraction of sp³-hybridized carbons (Fsp3) is 0.500. The zero-order valence-corrected chi connectivity index (χ0v) is 11.1. The van der Waals surface area contributed by atoms with Gasteiger partial charge in [-0.2, -0.15) is 0 Å². The molecule has 1 aliphatic heterocycles. The van der Waals surface area contributed by atoms with E-state index in [9.17, 15) is 0 Å². The fourth-order valence-corrected chi connectivity index (χ4v) is 2.55. The van der Waals surface area contributed by atoms with Gasteiger partial charge in [0.2, 0.25) is 0 Å². The first-order chi connectivity index (χ1) is 8.61. The second-order valence-corrected chi connectivity index (χ2v) is 4.99. The van der Waals surface area contributed by atoms with E-state index in [-0.39, 0.29) is 5.84 Å². The summed E-state index contributed by atoms with van der Waals surface area (Å²) in [4.78, 5) is 2.31. The van der Waals surface area contributed by atoms with Gasteiger partial charge in [0.25, 0.3) is 0 Å². The molecule has 4 heteroatoms. The van der Waals surface area contributed by atoms with Crippen molar-refractivity contribution in [2.45, 2.75) is 13.3 Å². The van der Waals surface area contributed by atoms with Crippen molar-refractivity contribution < 1.29 is 4.74 Å². The van der Waals surface area contributed by atoms with Crippen LogP contribution in [0.2, 0.25) is 0 Å². The van der Waals surface area contributed by atoms with Crippen molar-refractivity contribution >= 4 is 11.5 Å². The number of nitrogens with one attached hydrogen (secondary N) is 1. The summed E-state index contributed by atoms with van der Waals surface area (Å²) < 4.78 is 5.22. The fourth-order valence-electron chi connectivity index (χ4n) is 2.55. The SMILES string of the molecule is COCC1CCN(c2cc(C)ccc2C(=N)N)C1. The van der Waals surface area contributed by atoms with Gasteiger partial charge in [0.15, 0.2) is 0 Å². The third-order valence-corrected chi connectivity index (χ3v) is 3.47. The van der Waals surface area contributed by atoms with E-state index in [4.69, 9.17) is 15.9 Å². The van der Waals surface area contributed by atoms with E-state index in [1.165, 1.54) is 5.56 Å². The Kier molecular flexibility index (Phi) is 3.87. The van der Waals surface area contributed by atoms with Gasteiger partial charge in [-0.25, -0.2) is 0 Å². The summed E-state index contributed by atoms with van der Waals surface area (Å²) in [5.74, 6) is 0.718. The molecule has 18 heavy (non-hydrogen) atoms. The van der Waals surface area contributed by atoms with E-state index >= 15 is 0 Å². The zero-order valence-electron chi connectivity index (χ0n) is 11.1. The number of methoxy groups -OCH3 is 1. The Morgan fingerprint density at radius 1 is 1.56 bits per heavy atom. The molecular weight excluding hydrogens is 226 g/mol. The molecule has 0 saturated carbocycles. The molecule has 0 bridgehead atoms. The number of rotatable bonds is 4. The Morgan fingerprint density at radius 2 is 2.33 bits per heavy atom. The first-order valence-electron chi connectivity index (χ1n) is 6.30. The topological polar surface area (TPSA) is 62.3 Å². The monoisotopic (exact) mass is 247 g/mol. The summed E-state index contributed by atoms with van der Waals surface area (Å²) in [5.41, 5.74) is 8.77. The maximum atomic E-state index is 7.67. The molecule has 98 valence electrons. The molecule has 1 fully saturated rings. The molecule has 1 unspecified atom stereocenters. The number of hydrogen-bond acceptors (Lipinski definition) is 3. The van der Waals surface area contributed by atoms with Crippen molar-refractivity contribution in [1.29, 1.82) is 5.41 Å². The molecule has 0 amide bonds. The van der Waals surface area contributed by atoms with E-state index in [1.807, 2.05) is 12.1 Å². The Labute approximate surface area is 108 Å². The minimum absolute atomic E-state index is 0.139. The molecule has 0 aromatic heterocycles. The molecule has 0 aliphatic carbocycles. The zero-order chi connectivity index (χ0) is 13.1. The van der Waals surface area contributed by atoms with Gasteiger partial charge in [-0.15, -0.1) is 0 Å². The molecule has 3 N–H and O–H groups in total. The highest BCUT2D eigenvalue weighted by molar-refractivity contribution is 6.00. The molecule has 0 spiro atoms. The molecule has 1 aromatic rings. The lowest BCUT2D eigenvalue weighted by molar-refractivity contribution is 0.161. The van der Waals surface area contributed by atoms with Crippen molar-refractivity contribution in [3.05, 3.63) is 29.3 Å². The second kappa shape index (κ2) is 5.40. The lowest BCUT2D eigenvalue weighted by atomic mass is 10.1. The molecule has 1 heterocycles. The molecule has 1 aromatic carbocycles. The van der Waals surface area contributed by atoms with E-state index in [0.717, 1.165) is 37.4 Å². The maximum Gasteiger partial charge on any atom is 0.124 e. The number of nitrogens with two attached hydrogens (primary N) is 1. The van der Waals surface area contributed by atoms with Gasteiger partial charge in [0, 0.05) is 37.4 Å². The lowest BCUT2D eigenvalue weighted by Crippen LogP contribution is -2.25. The number of hydrogen-bond donors (Lipinski definition) is 2. The van der Waals surface area contributed by atoms with Crippen LogP contribution in [0, 0.1) is 18.3 Å². The van der Waals surface area contributed by atoms with Crippen LogP contribution in [0.3, 0.4) is 0 Å². The van der Waals surface area contributed by atoms with Gasteiger partial charge in [-0.1, -0.05) is 6.07 Å². The number of amidine groups is 1. The highest BCUT2D eigenvalue weighted by Gasteiger charge is 2.24. The quantitative estimate of drug-likeness (QED) is 0.629. The standard InChI is InChI=1S/C14H21N3O/c1-10-3-4-12(14(15)16)13(7-10)17-6-5-11(8-17)9-18-2/h3-4,7,11H,5-6,8-9H2,1-2H3,(H3,15,16). The third kappa shape index (κ3) is 2.64. The van der Waals surface area contributed by atoms with Gasteiger partial charge in [0.05, 0.1) is 6.61 Å². The van der Waals surface area contributed by atoms with E-state index in [2.05, 4.69) is 17.9 Å². The largest absolute Gasteiger partial charge is 0.384 e. The van der Waals surface area contributed by atoms with Crippen LogP contribution in [-0.2, 0) is 4.74 Å². The average molecular weight is 247 g/mol. The molecule has 0 radical (unpaired) electrons. The summed E-state index contributed by atoms with van der Waals surface area (Å²) in [6.45, 7) is 4.86. The number of aryl methyl sites for hydroxylation is 1. The Bertz CT molecular complexity index is 445. The van der Waals surface area contributed by atoms with Crippen molar-refractivity contribution in [2.75, 3.05) is 31.7 Å². The summed E-state index contributed by atoms with van der Waals surface area (Å²) in [6, 6.07) is 6.06. The van der Waals surface area contributed by atoms with E-state index in [0.29, 0.717) is 5.92 Å². The average Bonchev–Trinajstić information content (AvgIpc) is 2.77. The van der Waals surface area contributed by atoms with Gasteiger partial charge in [-0.3, -0.25) is 5.41 Å². The summed E-state index contributed by atoms with van der Waals surface area (Å²) in [6.07, 6.45) is 1.14.